The van der Waals surface area contributed by atoms with Gasteiger partial charge in [0, 0.05) is 18.3 Å². The summed E-state index contributed by atoms with van der Waals surface area (Å²) in [6, 6.07) is 7.83. The number of carbonyl (C=O) groups excluding carboxylic acids is 1. The molecule has 1 atom stereocenters. The van der Waals surface area contributed by atoms with E-state index in [-0.39, 0.29) is 11.9 Å². The number of amides is 1. The second-order valence-corrected chi connectivity index (χ2v) is 4.20. The van der Waals surface area contributed by atoms with Crippen molar-refractivity contribution in [3.05, 3.63) is 29.8 Å². The summed E-state index contributed by atoms with van der Waals surface area (Å²) in [5.74, 6) is 0.150. The van der Waals surface area contributed by atoms with Crippen LogP contribution in [0.3, 0.4) is 0 Å². The monoisotopic (exact) mass is 218 g/mol. The molecule has 1 aliphatic heterocycles. The molecule has 0 saturated carbocycles. The Kier molecular flexibility index (Phi) is 3.25. The Hall–Kier alpha value is -1.35. The number of nitrogens with one attached hydrogen (secondary N) is 1. The van der Waals surface area contributed by atoms with Crippen molar-refractivity contribution in [2.75, 3.05) is 18.5 Å². The van der Waals surface area contributed by atoms with Crippen LogP contribution in [0.25, 0.3) is 0 Å². The summed E-state index contributed by atoms with van der Waals surface area (Å²) in [5.41, 5.74) is 2.13. The Morgan fingerprint density at radius 1 is 1.38 bits per heavy atom. The van der Waals surface area contributed by atoms with E-state index in [2.05, 4.69) is 12.2 Å². The number of carbonyl (C=O) groups is 1. The molecule has 16 heavy (non-hydrogen) atoms. The molecule has 2 rings (SSSR count). The van der Waals surface area contributed by atoms with Gasteiger partial charge in [0.15, 0.2) is 0 Å². The molecule has 0 aliphatic carbocycles. The van der Waals surface area contributed by atoms with Gasteiger partial charge in [-0.1, -0.05) is 31.5 Å². The van der Waals surface area contributed by atoms with Crippen LogP contribution in [0, 0.1) is 0 Å². The van der Waals surface area contributed by atoms with Crippen molar-refractivity contribution in [1.29, 1.82) is 0 Å². The predicted molar refractivity (Wildman–Crippen MR) is 65.5 cm³/mol. The number of unbranched alkanes of at least 4 members (excludes halogenated alkanes) is 1. The minimum atomic E-state index is -0.146. The Labute approximate surface area is 96.5 Å². The molecule has 1 aromatic carbocycles. The molecule has 1 heterocycles. The zero-order valence-electron chi connectivity index (χ0n) is 9.86. The van der Waals surface area contributed by atoms with Gasteiger partial charge in [-0.15, -0.1) is 0 Å². The fourth-order valence-electron chi connectivity index (χ4n) is 2.10. The molecule has 0 bridgehead atoms. The van der Waals surface area contributed by atoms with Crippen molar-refractivity contribution < 1.29 is 4.79 Å². The first-order valence-electron chi connectivity index (χ1n) is 5.85. The third-order valence-corrected chi connectivity index (χ3v) is 3.07. The molecule has 3 heteroatoms. The zero-order valence-corrected chi connectivity index (χ0v) is 9.86. The van der Waals surface area contributed by atoms with Crippen LogP contribution in [0.15, 0.2) is 24.3 Å². The first kappa shape index (κ1) is 11.1. The highest BCUT2D eigenvalue weighted by molar-refractivity contribution is 6.04. The molecule has 1 aromatic rings. The fraction of sp³-hybridized carbons (Fsp3) is 0.462. The van der Waals surface area contributed by atoms with Gasteiger partial charge in [-0.3, -0.25) is 4.79 Å². The van der Waals surface area contributed by atoms with E-state index in [1.54, 1.807) is 4.90 Å². The highest BCUT2D eigenvalue weighted by Gasteiger charge is 2.33. The lowest BCUT2D eigenvalue weighted by Gasteiger charge is -2.12. The van der Waals surface area contributed by atoms with Gasteiger partial charge in [0.05, 0.1) is 0 Å². The van der Waals surface area contributed by atoms with Crippen molar-refractivity contribution in [1.82, 2.24) is 5.32 Å². The predicted octanol–water partition coefficient (Wildman–Crippen LogP) is 2.09. The number of likely N-dealkylation sites (N-methyl/N-ethyl adjacent to an activating group) is 1. The molecule has 1 aliphatic rings. The molecule has 1 N–H and O–H groups in total. The van der Waals surface area contributed by atoms with Crippen LogP contribution in [0.2, 0.25) is 0 Å². The number of hydrogen-bond acceptors (Lipinski definition) is 2. The molecular weight excluding hydrogens is 200 g/mol. The summed E-state index contributed by atoms with van der Waals surface area (Å²) >= 11 is 0. The Morgan fingerprint density at radius 2 is 2.12 bits per heavy atom. The van der Waals surface area contributed by atoms with E-state index in [0.29, 0.717) is 0 Å². The van der Waals surface area contributed by atoms with Gasteiger partial charge in [-0.05, 0) is 19.0 Å². The van der Waals surface area contributed by atoms with Gasteiger partial charge in [0.1, 0.15) is 6.04 Å². The molecule has 0 fully saturated rings. The van der Waals surface area contributed by atoms with Crippen LogP contribution in [0.5, 0.6) is 0 Å². The number of nitrogens with zero attached hydrogens (tertiary/aromatic N) is 1. The van der Waals surface area contributed by atoms with Gasteiger partial charge in [0.25, 0.3) is 0 Å². The van der Waals surface area contributed by atoms with Gasteiger partial charge < -0.3 is 10.2 Å². The fourth-order valence-corrected chi connectivity index (χ4v) is 2.10. The van der Waals surface area contributed by atoms with Crippen LogP contribution < -0.4 is 10.2 Å². The SMILES string of the molecule is CCCCNC1C(=O)N(C)c2ccccc21. The van der Waals surface area contributed by atoms with Crippen molar-refractivity contribution >= 4 is 11.6 Å². The first-order valence-corrected chi connectivity index (χ1v) is 5.85. The van der Waals surface area contributed by atoms with E-state index in [0.717, 1.165) is 30.6 Å². The summed E-state index contributed by atoms with van der Waals surface area (Å²) in [6.07, 6.45) is 2.25. The van der Waals surface area contributed by atoms with Crippen LogP contribution >= 0.6 is 0 Å². The average Bonchev–Trinajstić information content (AvgIpc) is 2.55. The van der Waals surface area contributed by atoms with E-state index in [9.17, 15) is 4.79 Å². The Balaban J connectivity index is 2.17. The third-order valence-electron chi connectivity index (χ3n) is 3.07. The molecule has 86 valence electrons. The number of anilines is 1. The molecule has 0 saturated heterocycles. The lowest BCUT2D eigenvalue weighted by Crippen LogP contribution is -2.32. The normalized spacial score (nSPS) is 19.0. The number of para-hydroxylation sites is 1. The first-order chi connectivity index (χ1) is 7.75. The van der Waals surface area contributed by atoms with Crippen molar-refractivity contribution in [3.8, 4) is 0 Å². The van der Waals surface area contributed by atoms with E-state index >= 15 is 0 Å². The minimum absolute atomic E-state index is 0.146. The summed E-state index contributed by atoms with van der Waals surface area (Å²) < 4.78 is 0. The zero-order chi connectivity index (χ0) is 11.5. The molecule has 1 unspecified atom stereocenters. The number of hydrogen-bond donors (Lipinski definition) is 1. The van der Waals surface area contributed by atoms with Crippen molar-refractivity contribution in [2.24, 2.45) is 0 Å². The maximum absolute atomic E-state index is 12.0. The van der Waals surface area contributed by atoms with Crippen LogP contribution in [0.4, 0.5) is 5.69 Å². The molecule has 1 amide bonds. The maximum Gasteiger partial charge on any atom is 0.248 e. The second-order valence-electron chi connectivity index (χ2n) is 4.20. The molecule has 0 aromatic heterocycles. The Bertz CT molecular complexity index is 389. The quantitative estimate of drug-likeness (QED) is 0.785. The van der Waals surface area contributed by atoms with Gasteiger partial charge in [0.2, 0.25) is 5.91 Å². The standard InChI is InChI=1S/C13H18N2O/c1-3-4-9-14-12-10-7-5-6-8-11(10)15(2)13(12)16/h5-8,12,14H,3-4,9H2,1-2H3. The minimum Gasteiger partial charge on any atom is -0.313 e. The van der Waals surface area contributed by atoms with E-state index in [1.165, 1.54) is 0 Å². The van der Waals surface area contributed by atoms with Crippen molar-refractivity contribution in [2.45, 2.75) is 25.8 Å². The average molecular weight is 218 g/mol. The maximum atomic E-state index is 12.0. The topological polar surface area (TPSA) is 32.3 Å². The molecule has 3 nitrogen and oxygen atoms in total. The number of fused-ring (bicyclic) bond motifs is 1. The molecule has 0 radical (unpaired) electrons. The summed E-state index contributed by atoms with van der Waals surface area (Å²) in [4.78, 5) is 13.8. The van der Waals surface area contributed by atoms with Crippen LogP contribution in [0.1, 0.15) is 31.4 Å². The summed E-state index contributed by atoms with van der Waals surface area (Å²) in [5, 5.41) is 3.33. The largest absolute Gasteiger partial charge is 0.313 e. The highest BCUT2D eigenvalue weighted by atomic mass is 16.2. The van der Waals surface area contributed by atoms with Gasteiger partial charge in [-0.25, -0.2) is 0 Å². The van der Waals surface area contributed by atoms with Gasteiger partial charge >= 0.3 is 0 Å². The number of rotatable bonds is 4. The van der Waals surface area contributed by atoms with E-state index < -0.39 is 0 Å². The number of benzene rings is 1. The van der Waals surface area contributed by atoms with Crippen molar-refractivity contribution in [3.63, 3.8) is 0 Å². The Morgan fingerprint density at radius 3 is 2.88 bits per heavy atom. The second kappa shape index (κ2) is 4.66. The van der Waals surface area contributed by atoms with E-state index in [1.807, 2.05) is 31.3 Å². The lowest BCUT2D eigenvalue weighted by atomic mass is 10.1. The molecule has 0 spiro atoms. The van der Waals surface area contributed by atoms with E-state index in [4.69, 9.17) is 0 Å². The van der Waals surface area contributed by atoms with Crippen LogP contribution in [-0.2, 0) is 4.79 Å². The third kappa shape index (κ3) is 1.83. The van der Waals surface area contributed by atoms with Crippen LogP contribution in [-0.4, -0.2) is 19.5 Å². The molecular formula is C13H18N2O. The lowest BCUT2D eigenvalue weighted by molar-refractivity contribution is -0.119. The van der Waals surface area contributed by atoms with Gasteiger partial charge in [-0.2, -0.15) is 0 Å². The summed E-state index contributed by atoms with van der Waals surface area (Å²) in [7, 11) is 1.84. The smallest absolute Gasteiger partial charge is 0.248 e. The highest BCUT2D eigenvalue weighted by Crippen LogP contribution is 2.34. The summed E-state index contributed by atoms with van der Waals surface area (Å²) in [6.45, 7) is 3.05.